The number of rotatable bonds is 2. The lowest BCUT2D eigenvalue weighted by molar-refractivity contribution is 0.684. The van der Waals surface area contributed by atoms with Crippen molar-refractivity contribution in [2.45, 2.75) is 0 Å². The van der Waals surface area contributed by atoms with Crippen LogP contribution in [0.5, 0.6) is 0 Å². The second-order valence-electron chi connectivity index (χ2n) is 2.28. The highest BCUT2D eigenvalue weighted by molar-refractivity contribution is 6.32. The molecule has 0 saturated carbocycles. The van der Waals surface area contributed by atoms with Gasteiger partial charge in [-0.1, -0.05) is 0 Å². The second-order valence-corrected chi connectivity index (χ2v) is 3.63. The first kappa shape index (κ1) is 11.5. The van der Waals surface area contributed by atoms with Crippen LogP contribution in [0.25, 0.3) is 0 Å². The Morgan fingerprint density at radius 2 is 0.875 bits per heavy atom. The first-order chi connectivity index (χ1) is 7.59. The molecule has 0 aliphatic carbocycles. The molecule has 0 atom stereocenters. The Morgan fingerprint density at radius 1 is 0.625 bits per heavy atom. The van der Waals surface area contributed by atoms with E-state index in [4.69, 9.17) is 46.4 Å². The third-order valence-electron chi connectivity index (χ3n) is 1.35. The van der Waals surface area contributed by atoms with Crippen molar-refractivity contribution in [1.82, 2.24) is 29.7 Å². The molecule has 0 saturated heterocycles. The van der Waals surface area contributed by atoms with Crippen molar-refractivity contribution >= 4 is 46.4 Å². The summed E-state index contributed by atoms with van der Waals surface area (Å²) in [6.45, 7) is 0. The largest absolute Gasteiger partial charge is 0.248 e. The molecule has 2 rings (SSSR count). The van der Waals surface area contributed by atoms with Gasteiger partial charge in [0.2, 0.25) is 21.1 Å². The summed E-state index contributed by atoms with van der Waals surface area (Å²) in [5.41, 5.74) is 0. The molecule has 0 aliphatic rings. The van der Waals surface area contributed by atoms with Gasteiger partial charge in [0.1, 0.15) is 0 Å². The van der Waals surface area contributed by atoms with E-state index in [2.05, 4.69) is 30.8 Å². The van der Waals surface area contributed by atoms with Crippen LogP contribution in [0.2, 0.25) is 21.1 Å². The van der Waals surface area contributed by atoms with E-state index in [0.717, 1.165) is 9.35 Å². The number of hydrogen-bond donors (Lipinski definition) is 0. The maximum atomic E-state index is 5.61. The summed E-state index contributed by atoms with van der Waals surface area (Å²) in [6, 6.07) is 0. The van der Waals surface area contributed by atoms with Gasteiger partial charge in [-0.2, -0.15) is 9.35 Å². The van der Waals surface area contributed by atoms with Gasteiger partial charge >= 0.3 is 0 Å². The highest BCUT2D eigenvalue weighted by Crippen LogP contribution is 2.15. The number of hydrogen-bond acceptors (Lipinski definition) is 6. The maximum absolute atomic E-state index is 5.61. The van der Waals surface area contributed by atoms with Crippen LogP contribution in [0.1, 0.15) is 0 Å². The normalized spacial score (nSPS) is 11.5. The minimum atomic E-state index is -0.0610. The molecule has 2 aromatic rings. The fourth-order valence-corrected chi connectivity index (χ4v) is 1.41. The zero-order valence-corrected chi connectivity index (χ0v) is 10.1. The van der Waals surface area contributed by atoms with Crippen molar-refractivity contribution in [3.63, 3.8) is 0 Å². The minimum Gasteiger partial charge on any atom is -0.152 e. The van der Waals surface area contributed by atoms with Crippen LogP contribution in [0, 0.1) is 0 Å². The van der Waals surface area contributed by atoms with Gasteiger partial charge in [0.15, 0.2) is 0 Å². The Kier molecular flexibility index (Phi) is 3.24. The van der Waals surface area contributed by atoms with Gasteiger partial charge in [-0.3, -0.25) is 0 Å². The fourth-order valence-electron chi connectivity index (χ4n) is 0.714. The molecule has 84 valence electrons. The van der Waals surface area contributed by atoms with E-state index in [-0.39, 0.29) is 21.1 Å². The van der Waals surface area contributed by atoms with Crippen molar-refractivity contribution in [3.8, 4) is 0 Å². The molecular formula is C4Cl4N8. The van der Waals surface area contributed by atoms with Gasteiger partial charge in [-0.05, 0) is 56.9 Å². The standard InChI is InChI=1S/C4Cl4N8/c5-1-9-10-2(6)15(1)13-14-16-3(7)11-12-4(16)8/b14-13+. The van der Waals surface area contributed by atoms with Gasteiger partial charge in [-0.15, -0.1) is 20.4 Å². The number of halogens is 4. The lowest BCUT2D eigenvalue weighted by atomic mass is 11.2. The van der Waals surface area contributed by atoms with Crippen LogP contribution in [0.4, 0.5) is 0 Å². The van der Waals surface area contributed by atoms with E-state index in [9.17, 15) is 0 Å². The molecule has 0 amide bonds. The first-order valence-electron chi connectivity index (χ1n) is 3.54. The quantitative estimate of drug-likeness (QED) is 0.795. The van der Waals surface area contributed by atoms with E-state index in [1.54, 1.807) is 0 Å². The molecule has 0 fully saturated rings. The predicted octanol–water partition coefficient (Wildman–Crippen LogP) is 2.16. The van der Waals surface area contributed by atoms with Crippen molar-refractivity contribution in [3.05, 3.63) is 21.1 Å². The van der Waals surface area contributed by atoms with Gasteiger partial charge in [-0.25, -0.2) is 0 Å². The Bertz CT molecular complexity index is 455. The molecule has 12 heteroatoms. The minimum absolute atomic E-state index is 0.0610. The van der Waals surface area contributed by atoms with Crippen LogP contribution < -0.4 is 0 Å². The van der Waals surface area contributed by atoms with E-state index in [0.29, 0.717) is 0 Å². The Balaban J connectivity index is 2.35. The zero-order chi connectivity index (χ0) is 11.7. The molecule has 0 N–H and O–H groups in total. The van der Waals surface area contributed by atoms with Crippen LogP contribution in [0.3, 0.4) is 0 Å². The first-order valence-corrected chi connectivity index (χ1v) is 5.06. The van der Waals surface area contributed by atoms with Crippen LogP contribution in [-0.2, 0) is 0 Å². The average molecular weight is 302 g/mol. The monoisotopic (exact) mass is 300 g/mol. The summed E-state index contributed by atoms with van der Waals surface area (Å²) in [7, 11) is 0. The van der Waals surface area contributed by atoms with Gasteiger partial charge in [0, 0.05) is 0 Å². The van der Waals surface area contributed by atoms with E-state index >= 15 is 0 Å². The van der Waals surface area contributed by atoms with Crippen LogP contribution in [0.15, 0.2) is 10.4 Å². The molecule has 2 aromatic heterocycles. The van der Waals surface area contributed by atoms with Crippen LogP contribution in [-0.4, -0.2) is 29.7 Å². The predicted molar refractivity (Wildman–Crippen MR) is 55.7 cm³/mol. The van der Waals surface area contributed by atoms with Gasteiger partial charge < -0.3 is 0 Å². The number of aromatic nitrogens is 6. The Labute approximate surface area is 108 Å². The maximum Gasteiger partial charge on any atom is 0.248 e. The number of nitrogens with zero attached hydrogens (tertiary/aromatic N) is 8. The summed E-state index contributed by atoms with van der Waals surface area (Å²) < 4.78 is 1.94. The van der Waals surface area contributed by atoms with Crippen LogP contribution >= 0.6 is 46.4 Å². The molecule has 16 heavy (non-hydrogen) atoms. The summed E-state index contributed by atoms with van der Waals surface area (Å²) in [5, 5.41) is 20.7. The molecular weight excluding hydrogens is 302 g/mol. The molecule has 0 aliphatic heterocycles. The third kappa shape index (κ3) is 2.09. The topological polar surface area (TPSA) is 86.1 Å². The summed E-state index contributed by atoms with van der Waals surface area (Å²) >= 11 is 22.4. The lowest BCUT2D eigenvalue weighted by Crippen LogP contribution is -1.92. The molecule has 0 bridgehead atoms. The molecule has 8 nitrogen and oxygen atoms in total. The van der Waals surface area contributed by atoms with Crippen molar-refractivity contribution in [2.24, 2.45) is 10.4 Å². The molecule has 0 aromatic carbocycles. The van der Waals surface area contributed by atoms with Crippen molar-refractivity contribution in [2.75, 3.05) is 0 Å². The van der Waals surface area contributed by atoms with E-state index in [1.165, 1.54) is 0 Å². The summed E-state index contributed by atoms with van der Waals surface area (Å²) in [6.07, 6.45) is 0. The molecule has 0 unspecified atom stereocenters. The molecule has 0 radical (unpaired) electrons. The van der Waals surface area contributed by atoms with Gasteiger partial charge in [0.05, 0.1) is 0 Å². The Morgan fingerprint density at radius 3 is 1.12 bits per heavy atom. The summed E-state index contributed by atoms with van der Waals surface area (Å²) in [4.78, 5) is 0. The third-order valence-corrected chi connectivity index (χ3v) is 2.29. The lowest BCUT2D eigenvalue weighted by Gasteiger charge is -1.94. The highest BCUT2D eigenvalue weighted by atomic mass is 35.5. The van der Waals surface area contributed by atoms with Gasteiger partial charge in [0.25, 0.3) is 0 Å². The van der Waals surface area contributed by atoms with E-state index < -0.39 is 0 Å². The fraction of sp³-hybridized carbons (Fsp3) is 0. The summed E-state index contributed by atoms with van der Waals surface area (Å²) in [5.74, 6) is 0. The molecule has 2 heterocycles. The average Bonchev–Trinajstić information content (AvgIpc) is 2.72. The Hall–Kier alpha value is -0.960. The zero-order valence-electron chi connectivity index (χ0n) is 7.09. The smallest absolute Gasteiger partial charge is 0.152 e. The molecule has 0 spiro atoms. The van der Waals surface area contributed by atoms with Crippen molar-refractivity contribution in [1.29, 1.82) is 0 Å². The highest BCUT2D eigenvalue weighted by Gasteiger charge is 2.09. The van der Waals surface area contributed by atoms with Crippen molar-refractivity contribution < 1.29 is 0 Å². The van der Waals surface area contributed by atoms with E-state index in [1.807, 2.05) is 0 Å². The second kappa shape index (κ2) is 4.50. The SMILES string of the molecule is Clc1nnc(Cl)n1/N=N/n1c(Cl)nnc1Cl.